The van der Waals surface area contributed by atoms with Crippen LogP contribution in [0.2, 0.25) is 0 Å². The lowest BCUT2D eigenvalue weighted by Gasteiger charge is -2.22. The fourth-order valence-electron chi connectivity index (χ4n) is 1.91. The minimum Gasteiger partial charge on any atom is -0.508 e. The Hall–Kier alpha value is -1.17. The summed E-state index contributed by atoms with van der Waals surface area (Å²) in [5.41, 5.74) is 0.756. The summed E-state index contributed by atoms with van der Waals surface area (Å²) in [6.07, 6.45) is 0.904. The van der Waals surface area contributed by atoms with Gasteiger partial charge in [0.2, 0.25) is 0 Å². The Labute approximate surface area is 113 Å². The first-order chi connectivity index (χ1) is 9.15. The van der Waals surface area contributed by atoms with Crippen LogP contribution in [0.3, 0.4) is 0 Å². The van der Waals surface area contributed by atoms with Crippen LogP contribution in [0.1, 0.15) is 12.0 Å². The van der Waals surface area contributed by atoms with Gasteiger partial charge in [-0.3, -0.25) is 4.90 Å². The number of phenolic OH excluding ortho intramolecular Hbond substituents is 1. The van der Waals surface area contributed by atoms with Crippen molar-refractivity contribution >= 4 is 0 Å². The average Bonchev–Trinajstić information content (AvgIpc) is 2.34. The molecule has 0 atom stereocenters. The highest BCUT2D eigenvalue weighted by molar-refractivity contribution is 5.28. The van der Waals surface area contributed by atoms with Gasteiger partial charge in [0.1, 0.15) is 11.6 Å². The number of ether oxygens (including phenoxy) is 2. The summed E-state index contributed by atoms with van der Waals surface area (Å²) in [4.78, 5) is 2.15. The van der Waals surface area contributed by atoms with Gasteiger partial charge >= 0.3 is 0 Å². The van der Waals surface area contributed by atoms with E-state index in [1.807, 2.05) is 0 Å². The second kappa shape index (κ2) is 8.85. The van der Waals surface area contributed by atoms with Crippen molar-refractivity contribution in [2.75, 3.05) is 40.5 Å². The van der Waals surface area contributed by atoms with E-state index in [-0.39, 0.29) is 5.75 Å². The van der Waals surface area contributed by atoms with Gasteiger partial charge in [0.25, 0.3) is 0 Å². The van der Waals surface area contributed by atoms with E-state index in [9.17, 15) is 9.50 Å². The molecule has 0 radical (unpaired) electrons. The summed E-state index contributed by atoms with van der Waals surface area (Å²) in [7, 11) is 3.32. The number of aromatic hydroxyl groups is 1. The van der Waals surface area contributed by atoms with E-state index in [0.717, 1.165) is 31.1 Å². The summed E-state index contributed by atoms with van der Waals surface area (Å²) in [6.45, 7) is 3.50. The van der Waals surface area contributed by atoms with Crippen LogP contribution in [-0.2, 0) is 16.0 Å². The predicted molar refractivity (Wildman–Crippen MR) is 71.7 cm³/mol. The van der Waals surface area contributed by atoms with Crippen LogP contribution in [-0.4, -0.2) is 50.5 Å². The Kier molecular flexibility index (Phi) is 7.40. The first-order valence-corrected chi connectivity index (χ1v) is 6.34. The molecule has 0 amide bonds. The van der Waals surface area contributed by atoms with E-state index in [2.05, 4.69) is 4.90 Å². The quantitative estimate of drug-likeness (QED) is 0.698. The molecule has 108 valence electrons. The maximum absolute atomic E-state index is 13.2. The van der Waals surface area contributed by atoms with Crippen molar-refractivity contribution in [2.45, 2.75) is 13.0 Å². The molecular weight excluding hydrogens is 249 g/mol. The first kappa shape index (κ1) is 15.9. The van der Waals surface area contributed by atoms with Gasteiger partial charge in [-0.05, 0) is 24.1 Å². The second-order valence-electron chi connectivity index (χ2n) is 4.43. The van der Waals surface area contributed by atoms with Crippen LogP contribution in [0.15, 0.2) is 18.2 Å². The first-order valence-electron chi connectivity index (χ1n) is 6.34. The van der Waals surface area contributed by atoms with Crippen LogP contribution in [0.5, 0.6) is 5.75 Å². The van der Waals surface area contributed by atoms with Gasteiger partial charge in [0.05, 0.1) is 6.61 Å². The number of hydrogen-bond donors (Lipinski definition) is 1. The Morgan fingerprint density at radius 3 is 2.47 bits per heavy atom. The molecule has 0 aliphatic rings. The molecule has 0 fully saturated rings. The Morgan fingerprint density at radius 1 is 1.11 bits per heavy atom. The Bertz CT molecular complexity index is 353. The number of hydrogen-bond acceptors (Lipinski definition) is 4. The third-order valence-electron chi connectivity index (χ3n) is 2.78. The van der Waals surface area contributed by atoms with Gasteiger partial charge < -0.3 is 14.6 Å². The third-order valence-corrected chi connectivity index (χ3v) is 2.78. The van der Waals surface area contributed by atoms with Crippen LogP contribution >= 0.6 is 0 Å². The van der Waals surface area contributed by atoms with Crippen LogP contribution < -0.4 is 0 Å². The monoisotopic (exact) mass is 271 g/mol. The lowest BCUT2D eigenvalue weighted by molar-refractivity contribution is 0.129. The third kappa shape index (κ3) is 6.52. The zero-order chi connectivity index (χ0) is 14.1. The zero-order valence-electron chi connectivity index (χ0n) is 11.6. The lowest BCUT2D eigenvalue weighted by atomic mass is 10.2. The number of rotatable bonds is 9. The second-order valence-corrected chi connectivity index (χ2v) is 4.43. The van der Waals surface area contributed by atoms with Crippen molar-refractivity contribution in [1.82, 2.24) is 4.90 Å². The maximum Gasteiger partial charge on any atom is 0.127 e. The SMILES string of the molecule is COCCCN(CCOC)Cc1cc(O)cc(F)c1. The number of halogens is 1. The minimum atomic E-state index is -0.418. The number of benzene rings is 1. The maximum atomic E-state index is 13.2. The smallest absolute Gasteiger partial charge is 0.127 e. The molecule has 0 aliphatic heterocycles. The fourth-order valence-corrected chi connectivity index (χ4v) is 1.91. The number of phenols is 1. The van der Waals surface area contributed by atoms with Gasteiger partial charge in [0.15, 0.2) is 0 Å². The summed E-state index contributed by atoms with van der Waals surface area (Å²) in [5, 5.41) is 9.39. The molecule has 1 rings (SSSR count). The highest BCUT2D eigenvalue weighted by Crippen LogP contribution is 2.16. The van der Waals surface area contributed by atoms with Gasteiger partial charge in [-0.1, -0.05) is 0 Å². The standard InChI is InChI=1S/C14H22FNO3/c1-18-6-3-4-16(5-7-19-2)11-12-8-13(15)10-14(17)9-12/h8-10,17H,3-7,11H2,1-2H3. The van der Waals surface area contributed by atoms with Gasteiger partial charge in [-0.2, -0.15) is 0 Å². The van der Waals surface area contributed by atoms with Crippen LogP contribution in [0.4, 0.5) is 4.39 Å². The normalized spacial score (nSPS) is 11.2. The summed E-state index contributed by atoms with van der Waals surface area (Å²) >= 11 is 0. The van der Waals surface area contributed by atoms with Crippen molar-refractivity contribution < 1.29 is 19.0 Å². The molecule has 0 bridgehead atoms. The lowest BCUT2D eigenvalue weighted by Crippen LogP contribution is -2.28. The van der Waals surface area contributed by atoms with E-state index in [1.54, 1.807) is 20.3 Å². The van der Waals surface area contributed by atoms with Crippen molar-refractivity contribution in [3.63, 3.8) is 0 Å². The number of methoxy groups -OCH3 is 2. The van der Waals surface area contributed by atoms with Crippen LogP contribution in [0, 0.1) is 5.82 Å². The predicted octanol–water partition coefficient (Wildman–Crippen LogP) is 2.02. The molecule has 1 N–H and O–H groups in total. The molecule has 0 saturated heterocycles. The van der Waals surface area contributed by atoms with Crippen LogP contribution in [0.25, 0.3) is 0 Å². The molecule has 0 saturated carbocycles. The van der Waals surface area contributed by atoms with E-state index < -0.39 is 5.82 Å². The molecule has 0 aromatic heterocycles. The summed E-state index contributed by atoms with van der Waals surface area (Å²) in [5.74, 6) is -0.461. The largest absolute Gasteiger partial charge is 0.508 e. The molecule has 4 nitrogen and oxygen atoms in total. The topological polar surface area (TPSA) is 41.9 Å². The highest BCUT2D eigenvalue weighted by atomic mass is 19.1. The fraction of sp³-hybridized carbons (Fsp3) is 0.571. The molecule has 1 aromatic carbocycles. The molecular formula is C14H22FNO3. The number of nitrogens with zero attached hydrogens (tertiary/aromatic N) is 1. The van der Waals surface area contributed by atoms with E-state index in [1.165, 1.54) is 6.07 Å². The summed E-state index contributed by atoms with van der Waals surface area (Å²) < 4.78 is 23.3. The molecule has 0 heterocycles. The Morgan fingerprint density at radius 2 is 1.84 bits per heavy atom. The van der Waals surface area contributed by atoms with Gasteiger partial charge in [0, 0.05) is 46.5 Å². The molecule has 19 heavy (non-hydrogen) atoms. The summed E-state index contributed by atoms with van der Waals surface area (Å²) in [6, 6.07) is 4.13. The van der Waals surface area contributed by atoms with Crippen molar-refractivity contribution in [3.05, 3.63) is 29.6 Å². The van der Waals surface area contributed by atoms with E-state index in [0.29, 0.717) is 19.8 Å². The molecule has 0 aliphatic carbocycles. The Balaban J connectivity index is 2.58. The minimum absolute atomic E-state index is 0.0430. The molecule has 5 heteroatoms. The molecule has 0 unspecified atom stereocenters. The zero-order valence-corrected chi connectivity index (χ0v) is 11.6. The average molecular weight is 271 g/mol. The van der Waals surface area contributed by atoms with Crippen molar-refractivity contribution in [3.8, 4) is 5.75 Å². The van der Waals surface area contributed by atoms with Crippen molar-refractivity contribution in [1.29, 1.82) is 0 Å². The van der Waals surface area contributed by atoms with E-state index in [4.69, 9.17) is 9.47 Å². The van der Waals surface area contributed by atoms with Crippen molar-refractivity contribution in [2.24, 2.45) is 0 Å². The molecule has 1 aromatic rings. The highest BCUT2D eigenvalue weighted by Gasteiger charge is 2.08. The van der Waals surface area contributed by atoms with Gasteiger partial charge in [-0.15, -0.1) is 0 Å². The van der Waals surface area contributed by atoms with Gasteiger partial charge in [-0.25, -0.2) is 4.39 Å². The van der Waals surface area contributed by atoms with E-state index >= 15 is 0 Å². The molecule has 0 spiro atoms.